The Morgan fingerprint density at radius 2 is 2.12 bits per heavy atom. The molecule has 2 N–H and O–H groups in total. The summed E-state index contributed by atoms with van der Waals surface area (Å²) < 4.78 is 14.9. The number of alkyl halides is 1. The number of halogens is 1. The third kappa shape index (κ3) is 4.42. The number of nitrogens with zero attached hydrogens (tertiary/aromatic N) is 3. The van der Waals surface area contributed by atoms with E-state index >= 15 is 0 Å². The van der Waals surface area contributed by atoms with E-state index in [-0.39, 0.29) is 12.5 Å². The molecule has 25 heavy (non-hydrogen) atoms. The Labute approximate surface area is 146 Å². The summed E-state index contributed by atoms with van der Waals surface area (Å²) in [7, 11) is 0. The number of nitrogens with one attached hydrogen (secondary N) is 2. The average molecular weight is 345 g/mol. The maximum atomic E-state index is 14.9. The number of carbonyl (C=O) groups excluding carboxylic acids is 1. The maximum absolute atomic E-state index is 14.9. The van der Waals surface area contributed by atoms with Crippen LogP contribution in [0.1, 0.15) is 40.4 Å². The Bertz CT molecular complexity index is 719. The summed E-state index contributed by atoms with van der Waals surface area (Å²) in [5, 5.41) is 3.15. The van der Waals surface area contributed by atoms with E-state index in [1.807, 2.05) is 32.2 Å². The van der Waals surface area contributed by atoms with Crippen molar-refractivity contribution in [1.29, 1.82) is 0 Å². The van der Waals surface area contributed by atoms with Gasteiger partial charge in [0.2, 0.25) is 0 Å². The Kier molecular flexibility index (Phi) is 5.13. The molecule has 134 valence electrons. The first kappa shape index (κ1) is 17.5. The van der Waals surface area contributed by atoms with Gasteiger partial charge in [0.1, 0.15) is 5.67 Å². The van der Waals surface area contributed by atoms with Crippen molar-refractivity contribution in [1.82, 2.24) is 25.2 Å². The molecule has 0 unspecified atom stereocenters. The number of piperidine rings is 1. The van der Waals surface area contributed by atoms with Gasteiger partial charge in [-0.2, -0.15) is 0 Å². The van der Waals surface area contributed by atoms with E-state index in [9.17, 15) is 9.18 Å². The van der Waals surface area contributed by atoms with Crippen molar-refractivity contribution >= 4 is 5.91 Å². The van der Waals surface area contributed by atoms with Crippen molar-refractivity contribution < 1.29 is 9.18 Å². The topological polar surface area (TPSA) is 73.9 Å². The number of H-pyrrole nitrogens is 1. The van der Waals surface area contributed by atoms with E-state index in [1.165, 1.54) is 0 Å². The average Bonchev–Trinajstić information content (AvgIpc) is 3.03. The van der Waals surface area contributed by atoms with E-state index in [2.05, 4.69) is 20.3 Å². The minimum absolute atomic E-state index is 0.160. The van der Waals surface area contributed by atoms with Gasteiger partial charge < -0.3 is 15.2 Å². The molecule has 0 saturated carbocycles. The lowest BCUT2D eigenvalue weighted by Gasteiger charge is -2.36. The maximum Gasteiger partial charge on any atom is 0.289 e. The van der Waals surface area contributed by atoms with Crippen LogP contribution in [0.3, 0.4) is 0 Å². The van der Waals surface area contributed by atoms with E-state index in [0.29, 0.717) is 38.3 Å². The van der Waals surface area contributed by atoms with Gasteiger partial charge in [0.25, 0.3) is 5.91 Å². The van der Waals surface area contributed by atoms with Gasteiger partial charge in [0.15, 0.2) is 5.82 Å². The summed E-state index contributed by atoms with van der Waals surface area (Å²) in [6.07, 6.45) is 4.15. The van der Waals surface area contributed by atoms with Crippen molar-refractivity contribution in [3.63, 3.8) is 0 Å². The number of rotatable bonds is 5. The van der Waals surface area contributed by atoms with E-state index in [0.717, 1.165) is 17.0 Å². The predicted molar refractivity (Wildman–Crippen MR) is 93.0 cm³/mol. The number of aromatic amines is 1. The number of likely N-dealkylation sites (tertiary alicyclic amines) is 1. The van der Waals surface area contributed by atoms with Crippen LogP contribution >= 0.6 is 0 Å². The number of carbonyl (C=O) groups is 1. The first-order valence-electron chi connectivity index (χ1n) is 8.58. The Morgan fingerprint density at radius 3 is 2.72 bits per heavy atom. The van der Waals surface area contributed by atoms with Crippen molar-refractivity contribution in [2.75, 3.05) is 19.6 Å². The first-order chi connectivity index (χ1) is 12.0. The summed E-state index contributed by atoms with van der Waals surface area (Å²) in [5.41, 5.74) is 1.49. The first-order valence-corrected chi connectivity index (χ1v) is 8.58. The molecule has 0 atom stereocenters. The van der Waals surface area contributed by atoms with Gasteiger partial charge in [-0.15, -0.1) is 0 Å². The molecule has 0 aromatic carbocycles. The highest BCUT2D eigenvalue weighted by molar-refractivity contribution is 5.90. The van der Waals surface area contributed by atoms with Crippen LogP contribution in [0.4, 0.5) is 4.39 Å². The monoisotopic (exact) mass is 345 g/mol. The molecule has 1 amide bonds. The third-order valence-corrected chi connectivity index (χ3v) is 4.58. The summed E-state index contributed by atoms with van der Waals surface area (Å²) in [4.78, 5) is 25.3. The lowest BCUT2D eigenvalue weighted by Crippen LogP contribution is -2.49. The molecule has 0 aliphatic carbocycles. The molecule has 1 saturated heterocycles. The highest BCUT2D eigenvalue weighted by Crippen LogP contribution is 2.26. The summed E-state index contributed by atoms with van der Waals surface area (Å²) in [6.45, 7) is 5.42. The number of aromatic nitrogens is 3. The number of amides is 1. The van der Waals surface area contributed by atoms with Crippen LogP contribution in [-0.4, -0.2) is 51.1 Å². The fourth-order valence-corrected chi connectivity index (χ4v) is 2.98. The molecule has 0 spiro atoms. The second-order valence-corrected chi connectivity index (χ2v) is 6.76. The van der Waals surface area contributed by atoms with Gasteiger partial charge in [0.05, 0.1) is 11.4 Å². The number of imidazole rings is 1. The van der Waals surface area contributed by atoms with Gasteiger partial charge in [-0.25, -0.2) is 9.37 Å². The highest BCUT2D eigenvalue weighted by atomic mass is 19.1. The molecule has 2 aromatic heterocycles. The highest BCUT2D eigenvalue weighted by Gasteiger charge is 2.36. The molecule has 7 heteroatoms. The van der Waals surface area contributed by atoms with E-state index < -0.39 is 5.67 Å². The van der Waals surface area contributed by atoms with Crippen molar-refractivity contribution in [3.05, 3.63) is 47.3 Å². The van der Waals surface area contributed by atoms with Crippen molar-refractivity contribution in [3.8, 4) is 0 Å². The number of hydrogen-bond acceptors (Lipinski definition) is 4. The largest absolute Gasteiger partial charge is 0.340 e. The zero-order valence-electron chi connectivity index (χ0n) is 14.7. The fourth-order valence-electron chi connectivity index (χ4n) is 2.98. The van der Waals surface area contributed by atoms with Gasteiger partial charge in [-0.05, 0) is 25.5 Å². The molecule has 1 fully saturated rings. The Hall–Kier alpha value is -2.28. The minimum atomic E-state index is -1.29. The van der Waals surface area contributed by atoms with Gasteiger partial charge in [-0.3, -0.25) is 9.78 Å². The van der Waals surface area contributed by atoms with Gasteiger partial charge in [0, 0.05) is 51.4 Å². The lowest BCUT2D eigenvalue weighted by molar-refractivity contribution is 0.0426. The third-order valence-electron chi connectivity index (χ3n) is 4.58. The molecular weight excluding hydrogens is 321 g/mol. The predicted octanol–water partition coefficient (Wildman–Crippen LogP) is 2.16. The number of pyridine rings is 1. The molecular formula is C18H24FN5O. The molecule has 6 nitrogen and oxygen atoms in total. The Morgan fingerprint density at radius 1 is 1.36 bits per heavy atom. The summed E-state index contributed by atoms with van der Waals surface area (Å²) >= 11 is 0. The summed E-state index contributed by atoms with van der Waals surface area (Å²) in [6, 6.07) is 3.94. The van der Waals surface area contributed by atoms with Crippen LogP contribution < -0.4 is 5.32 Å². The van der Waals surface area contributed by atoms with Gasteiger partial charge >= 0.3 is 0 Å². The zero-order chi connectivity index (χ0) is 17.9. The van der Waals surface area contributed by atoms with Crippen LogP contribution in [0.5, 0.6) is 0 Å². The molecule has 1 aliphatic heterocycles. The van der Waals surface area contributed by atoms with Crippen molar-refractivity contribution in [2.24, 2.45) is 0 Å². The van der Waals surface area contributed by atoms with Crippen LogP contribution in [0, 0.1) is 13.8 Å². The van der Waals surface area contributed by atoms with Crippen LogP contribution in [-0.2, 0) is 6.54 Å². The summed E-state index contributed by atoms with van der Waals surface area (Å²) in [5.74, 6) is 0.166. The molecule has 3 rings (SSSR count). The molecule has 0 radical (unpaired) electrons. The standard InChI is InChI=1S/C18H24FN5O/c1-13-3-4-15(21-9-13)11-20-12-18(19)5-7-24(8-6-18)17(25)16-22-10-14(2)23-16/h3-4,9-10,20H,5-8,11-12H2,1-2H3,(H,22,23). The van der Waals surface area contributed by atoms with E-state index in [1.54, 1.807) is 11.1 Å². The number of aryl methyl sites for hydroxylation is 2. The molecule has 1 aliphatic rings. The Balaban J connectivity index is 1.47. The lowest BCUT2D eigenvalue weighted by atomic mass is 9.93. The fraction of sp³-hybridized carbons (Fsp3) is 0.500. The molecule has 2 aromatic rings. The number of hydrogen-bond donors (Lipinski definition) is 2. The van der Waals surface area contributed by atoms with Crippen LogP contribution in [0.25, 0.3) is 0 Å². The molecule has 3 heterocycles. The quantitative estimate of drug-likeness (QED) is 0.871. The SMILES string of the molecule is Cc1ccc(CNCC2(F)CCN(C(=O)c3nc(C)c[nH]3)CC2)nc1. The normalized spacial score (nSPS) is 16.8. The van der Waals surface area contributed by atoms with Crippen molar-refractivity contribution in [2.45, 2.75) is 38.9 Å². The van der Waals surface area contributed by atoms with E-state index in [4.69, 9.17) is 0 Å². The second kappa shape index (κ2) is 7.31. The smallest absolute Gasteiger partial charge is 0.289 e. The minimum Gasteiger partial charge on any atom is -0.340 e. The molecule has 0 bridgehead atoms. The van der Waals surface area contributed by atoms with Crippen LogP contribution in [0.15, 0.2) is 24.5 Å². The second-order valence-electron chi connectivity index (χ2n) is 6.76. The van der Waals surface area contributed by atoms with Gasteiger partial charge in [-0.1, -0.05) is 6.07 Å². The van der Waals surface area contributed by atoms with Crippen LogP contribution in [0.2, 0.25) is 0 Å². The zero-order valence-corrected chi connectivity index (χ0v) is 14.7.